The van der Waals surface area contributed by atoms with E-state index in [1.165, 1.54) is 11.8 Å². The van der Waals surface area contributed by atoms with E-state index in [9.17, 15) is 14.7 Å². The highest BCUT2D eigenvalue weighted by molar-refractivity contribution is 8.13. The third kappa shape index (κ3) is 2.29. The number of carbonyl (C=O) groups excluding carboxylic acids is 2. The lowest BCUT2D eigenvalue weighted by atomic mass is 9.63. The van der Waals surface area contributed by atoms with E-state index in [-0.39, 0.29) is 11.1 Å². The fourth-order valence-electron chi connectivity index (χ4n) is 3.96. The summed E-state index contributed by atoms with van der Waals surface area (Å²) in [6.45, 7) is 4.03. The topological polar surface area (TPSA) is 63.6 Å². The van der Waals surface area contributed by atoms with E-state index in [0.29, 0.717) is 38.0 Å². The van der Waals surface area contributed by atoms with Crippen molar-refractivity contribution in [1.82, 2.24) is 0 Å². The first-order valence-corrected chi connectivity index (χ1v) is 8.56. The van der Waals surface area contributed by atoms with E-state index in [1.54, 1.807) is 6.92 Å². The molecule has 4 nitrogen and oxygen atoms in total. The van der Waals surface area contributed by atoms with Gasteiger partial charge in [0.1, 0.15) is 0 Å². The summed E-state index contributed by atoms with van der Waals surface area (Å²) in [5.74, 6) is -0.0196. The minimum absolute atomic E-state index is 0.0306. The molecule has 0 radical (unpaired) electrons. The summed E-state index contributed by atoms with van der Waals surface area (Å²) in [6.07, 6.45) is 4.14. The third-order valence-corrected chi connectivity index (χ3v) is 5.77. The van der Waals surface area contributed by atoms with Crippen molar-refractivity contribution >= 4 is 22.8 Å². The molecule has 0 aliphatic heterocycles. The van der Waals surface area contributed by atoms with Crippen molar-refractivity contribution in [1.29, 1.82) is 0 Å². The first-order valence-electron chi connectivity index (χ1n) is 7.58. The van der Waals surface area contributed by atoms with E-state index < -0.39 is 16.9 Å². The minimum Gasteiger partial charge on any atom is -0.465 e. The second-order valence-electron chi connectivity index (χ2n) is 5.78. The zero-order valence-corrected chi connectivity index (χ0v) is 13.1. The van der Waals surface area contributed by atoms with Crippen LogP contribution in [0, 0.1) is 11.3 Å². The number of esters is 1. The molecule has 1 N–H and O–H groups in total. The van der Waals surface area contributed by atoms with Crippen LogP contribution in [-0.2, 0) is 14.3 Å². The van der Waals surface area contributed by atoms with Gasteiger partial charge >= 0.3 is 5.97 Å². The number of hydrogen-bond donors (Lipinski definition) is 1. The first kappa shape index (κ1) is 15.8. The Kier molecular flexibility index (Phi) is 4.80. The largest absolute Gasteiger partial charge is 0.465 e. The van der Waals surface area contributed by atoms with Gasteiger partial charge in [0.05, 0.1) is 23.5 Å². The summed E-state index contributed by atoms with van der Waals surface area (Å²) in [5.41, 5.74) is -2.05. The molecule has 20 heavy (non-hydrogen) atoms. The normalized spacial score (nSPS) is 36.5. The van der Waals surface area contributed by atoms with Gasteiger partial charge in [0, 0.05) is 0 Å². The second kappa shape index (κ2) is 6.06. The highest BCUT2D eigenvalue weighted by atomic mass is 32.2. The van der Waals surface area contributed by atoms with Gasteiger partial charge in [-0.1, -0.05) is 31.5 Å². The van der Waals surface area contributed by atoms with Crippen molar-refractivity contribution in [3.05, 3.63) is 0 Å². The van der Waals surface area contributed by atoms with Gasteiger partial charge in [-0.15, -0.1) is 0 Å². The van der Waals surface area contributed by atoms with Crippen molar-refractivity contribution in [2.24, 2.45) is 11.3 Å². The lowest BCUT2D eigenvalue weighted by Crippen LogP contribution is -2.56. The molecule has 0 unspecified atom stereocenters. The van der Waals surface area contributed by atoms with E-state index in [1.807, 2.05) is 6.92 Å². The average Bonchev–Trinajstić information content (AvgIpc) is 2.73. The summed E-state index contributed by atoms with van der Waals surface area (Å²) >= 11 is 1.26. The second-order valence-corrected chi connectivity index (χ2v) is 7.05. The number of thioether (sulfide) groups is 1. The predicted molar refractivity (Wildman–Crippen MR) is 78.3 cm³/mol. The summed E-state index contributed by atoms with van der Waals surface area (Å²) in [4.78, 5) is 24.7. The monoisotopic (exact) mass is 300 g/mol. The van der Waals surface area contributed by atoms with Gasteiger partial charge in [0.2, 0.25) is 0 Å². The molecule has 2 aliphatic rings. The van der Waals surface area contributed by atoms with E-state index in [0.717, 1.165) is 12.8 Å². The summed E-state index contributed by atoms with van der Waals surface area (Å²) in [6, 6.07) is 0. The van der Waals surface area contributed by atoms with Crippen molar-refractivity contribution < 1.29 is 19.4 Å². The van der Waals surface area contributed by atoms with Gasteiger partial charge in [0.15, 0.2) is 5.12 Å². The number of ether oxygens (including phenoxy) is 1. The third-order valence-electron chi connectivity index (χ3n) is 4.91. The van der Waals surface area contributed by atoms with Crippen LogP contribution < -0.4 is 0 Å². The molecular formula is C15H24O4S. The molecule has 0 heterocycles. The Morgan fingerprint density at radius 3 is 2.60 bits per heavy atom. The lowest BCUT2D eigenvalue weighted by molar-refractivity contribution is -0.182. The SMILES string of the molecule is CCOC(=O)[C@@]12CCCC[C@]1(O)[C@@H](C(=O)SCC)CC2. The molecule has 0 aromatic carbocycles. The maximum atomic E-state index is 12.4. The lowest BCUT2D eigenvalue weighted by Gasteiger charge is -2.46. The molecule has 0 saturated heterocycles. The maximum Gasteiger partial charge on any atom is 0.315 e. The first-order chi connectivity index (χ1) is 9.52. The zero-order chi connectivity index (χ0) is 14.8. The molecule has 0 amide bonds. The Bertz CT molecular complexity index is 397. The number of fused-ring (bicyclic) bond motifs is 1. The molecule has 3 atom stereocenters. The van der Waals surface area contributed by atoms with Crippen molar-refractivity contribution in [2.75, 3.05) is 12.4 Å². The summed E-state index contributed by atoms with van der Waals surface area (Å²) < 4.78 is 5.22. The number of aliphatic hydroxyl groups is 1. The number of carbonyl (C=O) groups is 2. The van der Waals surface area contributed by atoms with Crippen molar-refractivity contribution in [3.8, 4) is 0 Å². The van der Waals surface area contributed by atoms with Crippen LogP contribution in [0.25, 0.3) is 0 Å². The predicted octanol–water partition coefficient (Wildman–Crippen LogP) is 2.53. The summed E-state index contributed by atoms with van der Waals surface area (Å²) in [5, 5.41) is 11.2. The van der Waals surface area contributed by atoms with E-state index in [2.05, 4.69) is 0 Å². The molecular weight excluding hydrogens is 276 g/mol. The van der Waals surface area contributed by atoms with Gasteiger partial charge in [0.25, 0.3) is 0 Å². The molecule has 2 saturated carbocycles. The average molecular weight is 300 g/mol. The maximum absolute atomic E-state index is 12.4. The fraction of sp³-hybridized carbons (Fsp3) is 0.867. The van der Waals surface area contributed by atoms with Gasteiger partial charge in [-0.3, -0.25) is 9.59 Å². The molecule has 5 heteroatoms. The Morgan fingerprint density at radius 2 is 1.95 bits per heavy atom. The van der Waals surface area contributed by atoms with E-state index >= 15 is 0 Å². The van der Waals surface area contributed by atoms with Gasteiger partial charge < -0.3 is 9.84 Å². The van der Waals surface area contributed by atoms with Crippen LogP contribution in [0.4, 0.5) is 0 Å². The van der Waals surface area contributed by atoms with Crippen molar-refractivity contribution in [2.45, 2.75) is 58.0 Å². The molecule has 0 bridgehead atoms. The Hall–Kier alpha value is -0.550. The van der Waals surface area contributed by atoms with Crippen LogP contribution >= 0.6 is 11.8 Å². The zero-order valence-electron chi connectivity index (χ0n) is 12.3. The Morgan fingerprint density at radius 1 is 1.25 bits per heavy atom. The van der Waals surface area contributed by atoms with Crippen LogP contribution in [0.3, 0.4) is 0 Å². The molecule has 2 fully saturated rings. The number of hydrogen-bond acceptors (Lipinski definition) is 5. The van der Waals surface area contributed by atoms with Gasteiger partial charge in [-0.2, -0.15) is 0 Å². The van der Waals surface area contributed by atoms with Gasteiger partial charge in [-0.05, 0) is 38.4 Å². The molecule has 0 aromatic heterocycles. The minimum atomic E-state index is -1.20. The quantitative estimate of drug-likeness (QED) is 0.808. The van der Waals surface area contributed by atoms with Crippen LogP contribution in [0.2, 0.25) is 0 Å². The van der Waals surface area contributed by atoms with Crippen LogP contribution in [-0.4, -0.2) is 34.2 Å². The van der Waals surface area contributed by atoms with E-state index in [4.69, 9.17) is 4.74 Å². The summed E-state index contributed by atoms with van der Waals surface area (Å²) in [7, 11) is 0. The van der Waals surface area contributed by atoms with Crippen LogP contribution in [0.15, 0.2) is 0 Å². The molecule has 2 aliphatic carbocycles. The standard InChI is InChI=1S/C15H24O4S/c1-3-19-13(17)14-8-5-6-9-15(14,18)11(7-10-14)12(16)20-4-2/h11,18H,3-10H2,1-2H3/t11-,14+,15+/m1/s1. The highest BCUT2D eigenvalue weighted by Crippen LogP contribution is 2.59. The molecule has 2 rings (SSSR count). The fourth-order valence-corrected chi connectivity index (χ4v) is 4.76. The smallest absolute Gasteiger partial charge is 0.315 e. The van der Waals surface area contributed by atoms with Gasteiger partial charge in [-0.25, -0.2) is 0 Å². The number of rotatable bonds is 4. The van der Waals surface area contributed by atoms with Crippen molar-refractivity contribution in [3.63, 3.8) is 0 Å². The highest BCUT2D eigenvalue weighted by Gasteiger charge is 2.66. The molecule has 114 valence electrons. The Balaban J connectivity index is 2.31. The molecule has 0 spiro atoms. The van der Waals surface area contributed by atoms with Crippen LogP contribution in [0.1, 0.15) is 52.4 Å². The van der Waals surface area contributed by atoms with Crippen LogP contribution in [0.5, 0.6) is 0 Å². The Labute approximate surface area is 124 Å². The molecule has 0 aromatic rings.